The van der Waals surface area contributed by atoms with Gasteiger partial charge in [0.2, 0.25) is 0 Å². The second-order valence-electron chi connectivity index (χ2n) is 7.60. The number of aromatic nitrogens is 1. The quantitative estimate of drug-likeness (QED) is 0.593. The van der Waals surface area contributed by atoms with E-state index in [9.17, 15) is 9.59 Å². The Bertz CT molecular complexity index is 1090. The molecule has 1 aromatic heterocycles. The SMILES string of the molecule is O=C(Nc1ccc(CN2CCC(C(=O)O)C2)cn1)c1cccc(-c2ccccc2)c1Cl. The van der Waals surface area contributed by atoms with Gasteiger partial charge in [0.15, 0.2) is 0 Å². The number of rotatable bonds is 6. The first-order chi connectivity index (χ1) is 15.0. The average molecular weight is 436 g/mol. The van der Waals surface area contributed by atoms with Crippen LogP contribution < -0.4 is 5.32 Å². The molecule has 2 N–H and O–H groups in total. The molecule has 0 radical (unpaired) electrons. The summed E-state index contributed by atoms with van der Waals surface area (Å²) in [4.78, 5) is 30.3. The highest BCUT2D eigenvalue weighted by atomic mass is 35.5. The molecule has 2 heterocycles. The van der Waals surface area contributed by atoms with E-state index in [1.165, 1.54) is 0 Å². The number of amides is 1. The van der Waals surface area contributed by atoms with Gasteiger partial charge >= 0.3 is 5.97 Å². The van der Waals surface area contributed by atoms with Crippen LogP contribution in [0.15, 0.2) is 66.9 Å². The molecular weight excluding hydrogens is 414 g/mol. The van der Waals surface area contributed by atoms with Gasteiger partial charge in [-0.1, -0.05) is 60.1 Å². The van der Waals surface area contributed by atoms with Crippen LogP contribution in [0.5, 0.6) is 0 Å². The molecular formula is C24H22ClN3O3. The summed E-state index contributed by atoms with van der Waals surface area (Å²) in [5, 5.41) is 12.3. The number of carboxylic acid groups (broad SMARTS) is 1. The smallest absolute Gasteiger partial charge is 0.307 e. The van der Waals surface area contributed by atoms with Gasteiger partial charge in [0.1, 0.15) is 5.82 Å². The number of nitrogens with one attached hydrogen (secondary N) is 1. The van der Waals surface area contributed by atoms with Crippen LogP contribution in [0, 0.1) is 5.92 Å². The van der Waals surface area contributed by atoms with Crippen molar-refractivity contribution < 1.29 is 14.7 Å². The Labute approximate surface area is 185 Å². The number of carbonyl (C=O) groups is 2. The zero-order valence-corrected chi connectivity index (χ0v) is 17.5. The van der Waals surface area contributed by atoms with E-state index in [0.717, 1.165) is 23.2 Å². The van der Waals surface area contributed by atoms with Gasteiger partial charge in [0.25, 0.3) is 5.91 Å². The Kier molecular flexibility index (Phi) is 6.30. The van der Waals surface area contributed by atoms with Gasteiger partial charge in [0, 0.05) is 24.8 Å². The van der Waals surface area contributed by atoms with E-state index in [4.69, 9.17) is 16.7 Å². The summed E-state index contributed by atoms with van der Waals surface area (Å²) in [6, 6.07) is 18.7. The fourth-order valence-corrected chi connectivity index (χ4v) is 4.08. The maximum Gasteiger partial charge on any atom is 0.307 e. The van der Waals surface area contributed by atoms with Crippen molar-refractivity contribution in [3.8, 4) is 11.1 Å². The molecule has 4 rings (SSSR count). The molecule has 1 saturated heterocycles. The number of benzene rings is 2. The highest BCUT2D eigenvalue weighted by Crippen LogP contribution is 2.31. The maximum atomic E-state index is 12.8. The minimum Gasteiger partial charge on any atom is -0.481 e. The molecule has 0 bridgehead atoms. The molecule has 0 saturated carbocycles. The molecule has 2 aromatic carbocycles. The first-order valence-electron chi connectivity index (χ1n) is 10.1. The summed E-state index contributed by atoms with van der Waals surface area (Å²) in [6.45, 7) is 1.94. The highest BCUT2D eigenvalue weighted by molar-refractivity contribution is 6.37. The van der Waals surface area contributed by atoms with Crippen molar-refractivity contribution in [3.05, 3.63) is 83.0 Å². The van der Waals surface area contributed by atoms with Crippen LogP contribution >= 0.6 is 11.6 Å². The first-order valence-corrected chi connectivity index (χ1v) is 10.4. The molecule has 1 aliphatic rings. The lowest BCUT2D eigenvalue weighted by Gasteiger charge is -2.15. The molecule has 7 heteroatoms. The molecule has 6 nitrogen and oxygen atoms in total. The number of carboxylic acids is 1. The molecule has 0 aliphatic carbocycles. The van der Waals surface area contributed by atoms with Crippen molar-refractivity contribution in [1.29, 1.82) is 0 Å². The molecule has 31 heavy (non-hydrogen) atoms. The Balaban J connectivity index is 1.42. The number of anilines is 1. The molecule has 158 valence electrons. The predicted octanol–water partition coefficient (Wildman–Crippen LogP) is 4.56. The number of carbonyl (C=O) groups excluding carboxylic acids is 1. The molecule has 3 aromatic rings. The van der Waals surface area contributed by atoms with Crippen molar-refractivity contribution in [3.63, 3.8) is 0 Å². The second-order valence-corrected chi connectivity index (χ2v) is 7.98. The van der Waals surface area contributed by atoms with Gasteiger partial charge in [-0.15, -0.1) is 0 Å². The Morgan fingerprint density at radius 2 is 1.90 bits per heavy atom. The lowest BCUT2D eigenvalue weighted by Crippen LogP contribution is -2.23. The lowest BCUT2D eigenvalue weighted by molar-refractivity contribution is -0.141. The minimum absolute atomic E-state index is 0.303. The minimum atomic E-state index is -0.742. The third-order valence-corrected chi connectivity index (χ3v) is 5.83. The Morgan fingerprint density at radius 1 is 1.10 bits per heavy atom. The van der Waals surface area contributed by atoms with Gasteiger partial charge in [-0.3, -0.25) is 14.5 Å². The van der Waals surface area contributed by atoms with Crippen LogP contribution in [0.1, 0.15) is 22.3 Å². The fourth-order valence-electron chi connectivity index (χ4n) is 3.76. The van der Waals surface area contributed by atoms with Gasteiger partial charge in [-0.2, -0.15) is 0 Å². The summed E-state index contributed by atoms with van der Waals surface area (Å²) < 4.78 is 0. The number of hydrogen-bond donors (Lipinski definition) is 2. The second kappa shape index (κ2) is 9.29. The monoisotopic (exact) mass is 435 g/mol. The summed E-state index contributed by atoms with van der Waals surface area (Å²) in [6.07, 6.45) is 2.37. The van der Waals surface area contributed by atoms with E-state index in [1.807, 2.05) is 42.5 Å². The van der Waals surface area contributed by atoms with Crippen LogP contribution in [0.25, 0.3) is 11.1 Å². The third-order valence-electron chi connectivity index (χ3n) is 5.42. The zero-order chi connectivity index (χ0) is 21.8. The van der Waals surface area contributed by atoms with Crippen molar-refractivity contribution in [2.75, 3.05) is 18.4 Å². The lowest BCUT2D eigenvalue weighted by atomic mass is 10.0. The van der Waals surface area contributed by atoms with Crippen LogP contribution in [0.4, 0.5) is 5.82 Å². The first kappa shape index (κ1) is 21.0. The van der Waals surface area contributed by atoms with E-state index < -0.39 is 5.97 Å². The van der Waals surface area contributed by atoms with Crippen molar-refractivity contribution >= 4 is 29.3 Å². The number of aliphatic carboxylic acids is 1. The normalized spacial score (nSPS) is 16.2. The maximum absolute atomic E-state index is 12.8. The van der Waals surface area contributed by atoms with Crippen molar-refractivity contribution in [2.45, 2.75) is 13.0 Å². The van der Waals surface area contributed by atoms with Gasteiger partial charge in [0.05, 0.1) is 16.5 Å². The average Bonchev–Trinajstić information content (AvgIpc) is 3.25. The summed E-state index contributed by atoms with van der Waals surface area (Å²) >= 11 is 6.53. The van der Waals surface area contributed by atoms with Crippen LogP contribution in [-0.4, -0.2) is 40.0 Å². The van der Waals surface area contributed by atoms with Gasteiger partial charge in [-0.05, 0) is 36.2 Å². The zero-order valence-electron chi connectivity index (χ0n) is 16.8. The van der Waals surface area contributed by atoms with Crippen LogP contribution in [0.2, 0.25) is 5.02 Å². The van der Waals surface area contributed by atoms with Crippen LogP contribution in [0.3, 0.4) is 0 Å². The number of pyridine rings is 1. The molecule has 1 amide bonds. The number of hydrogen-bond acceptors (Lipinski definition) is 4. The van der Waals surface area contributed by atoms with E-state index in [2.05, 4.69) is 15.2 Å². The third kappa shape index (κ3) is 4.93. The summed E-state index contributed by atoms with van der Waals surface area (Å²) in [5.74, 6) is -0.941. The topological polar surface area (TPSA) is 82.5 Å². The van der Waals surface area contributed by atoms with Crippen molar-refractivity contribution in [1.82, 2.24) is 9.88 Å². The van der Waals surface area contributed by atoms with Crippen molar-refractivity contribution in [2.24, 2.45) is 5.92 Å². The number of halogens is 1. The molecule has 0 spiro atoms. The highest BCUT2D eigenvalue weighted by Gasteiger charge is 2.27. The largest absolute Gasteiger partial charge is 0.481 e. The summed E-state index contributed by atoms with van der Waals surface area (Å²) in [7, 11) is 0. The number of nitrogens with zero attached hydrogens (tertiary/aromatic N) is 2. The molecule has 1 aliphatic heterocycles. The van der Waals surface area contributed by atoms with Crippen LogP contribution in [-0.2, 0) is 11.3 Å². The van der Waals surface area contributed by atoms with Gasteiger partial charge < -0.3 is 10.4 Å². The standard InChI is InChI=1S/C24H22ClN3O3/c25-22-19(17-5-2-1-3-6-17)7-4-8-20(22)23(29)27-21-10-9-16(13-26-21)14-28-12-11-18(15-28)24(30)31/h1-10,13,18H,11-12,14-15H2,(H,30,31)(H,26,27,29). The predicted molar refractivity (Wildman–Crippen MR) is 120 cm³/mol. The van der Waals surface area contributed by atoms with E-state index >= 15 is 0 Å². The number of likely N-dealkylation sites (tertiary alicyclic amines) is 1. The molecule has 1 atom stereocenters. The van der Waals surface area contributed by atoms with E-state index in [-0.39, 0.29) is 11.8 Å². The molecule has 1 fully saturated rings. The Morgan fingerprint density at radius 3 is 2.58 bits per heavy atom. The fraction of sp³-hybridized carbons (Fsp3) is 0.208. The summed E-state index contributed by atoms with van der Waals surface area (Å²) in [5.41, 5.74) is 3.08. The van der Waals surface area contributed by atoms with E-state index in [0.29, 0.717) is 35.9 Å². The Hall–Kier alpha value is -3.22. The molecule has 1 unspecified atom stereocenters. The van der Waals surface area contributed by atoms with E-state index in [1.54, 1.807) is 24.4 Å². The van der Waals surface area contributed by atoms with Gasteiger partial charge in [-0.25, -0.2) is 4.98 Å².